The zero-order chi connectivity index (χ0) is 13.4. The number of nitrogens with one attached hydrogen (secondary N) is 1. The van der Waals surface area contributed by atoms with Crippen LogP contribution in [-0.2, 0) is 9.47 Å². The third-order valence-electron chi connectivity index (χ3n) is 2.51. The van der Waals surface area contributed by atoms with Crippen LogP contribution in [0.15, 0.2) is 11.1 Å². The Kier molecular flexibility index (Phi) is 6.16. The number of anilines is 2. The van der Waals surface area contributed by atoms with Crippen LogP contribution in [0, 0.1) is 0 Å². The van der Waals surface area contributed by atoms with Gasteiger partial charge in [0.25, 0.3) is 5.56 Å². The number of aromatic amines is 1. The fourth-order valence-corrected chi connectivity index (χ4v) is 1.58. The predicted octanol–water partition coefficient (Wildman–Crippen LogP) is -0.159. The van der Waals surface area contributed by atoms with Crippen LogP contribution in [0.5, 0.6) is 0 Å². The number of nitrogens with zero attached hydrogens (tertiary/aromatic N) is 2. The summed E-state index contributed by atoms with van der Waals surface area (Å²) < 4.78 is 10.1. The number of H-pyrrole nitrogens is 1. The first-order chi connectivity index (χ1) is 8.70. The predicted molar refractivity (Wildman–Crippen MR) is 69.9 cm³/mol. The minimum absolute atomic E-state index is 0.131. The molecule has 0 atom stereocenters. The number of ether oxygens (including phenoxy) is 2. The number of methoxy groups -OCH3 is 2. The third-order valence-corrected chi connectivity index (χ3v) is 2.51. The second-order valence-corrected chi connectivity index (χ2v) is 3.80. The first-order valence-electron chi connectivity index (χ1n) is 5.76. The minimum Gasteiger partial charge on any atom is -0.391 e. The molecule has 0 aromatic carbocycles. The Morgan fingerprint density at radius 2 is 2.06 bits per heavy atom. The molecular formula is C11H20N4O3. The minimum atomic E-state index is -0.325. The quantitative estimate of drug-likeness (QED) is 0.628. The summed E-state index contributed by atoms with van der Waals surface area (Å²) in [5, 5.41) is 0. The van der Waals surface area contributed by atoms with Gasteiger partial charge in [-0.2, -0.15) is 0 Å². The molecule has 0 aliphatic carbocycles. The van der Waals surface area contributed by atoms with Crippen LogP contribution in [0.2, 0.25) is 0 Å². The van der Waals surface area contributed by atoms with Crippen LogP contribution in [0.4, 0.5) is 11.5 Å². The zero-order valence-electron chi connectivity index (χ0n) is 10.8. The van der Waals surface area contributed by atoms with Crippen molar-refractivity contribution in [2.24, 2.45) is 0 Å². The molecule has 1 aromatic rings. The molecule has 0 saturated heterocycles. The lowest BCUT2D eigenvalue weighted by molar-refractivity contribution is 0.191. The maximum Gasteiger partial charge on any atom is 0.276 e. The summed E-state index contributed by atoms with van der Waals surface area (Å²) in [7, 11) is 3.28. The van der Waals surface area contributed by atoms with Gasteiger partial charge in [0.05, 0.1) is 12.9 Å². The summed E-state index contributed by atoms with van der Waals surface area (Å²) in [4.78, 5) is 19.9. The highest BCUT2D eigenvalue weighted by Gasteiger charge is 2.13. The summed E-state index contributed by atoms with van der Waals surface area (Å²) >= 11 is 0. The summed E-state index contributed by atoms with van der Waals surface area (Å²) in [6.45, 7) is 2.52. The number of hydrogen-bond acceptors (Lipinski definition) is 6. The molecule has 0 radical (unpaired) electrons. The standard InChI is InChI=1S/C11H20N4O3/c1-17-6-3-4-15(5-7-18-2)10-9(12)11(16)14-8-13-10/h8H,3-7,12H2,1-2H3,(H,13,14,16). The molecule has 1 heterocycles. The SMILES string of the molecule is COCCCN(CCOC)c1nc[nH]c(=O)c1N. The van der Waals surface area contributed by atoms with Gasteiger partial charge in [-0.05, 0) is 6.42 Å². The van der Waals surface area contributed by atoms with Gasteiger partial charge in [0.15, 0.2) is 5.82 Å². The topological polar surface area (TPSA) is 93.5 Å². The zero-order valence-corrected chi connectivity index (χ0v) is 10.8. The van der Waals surface area contributed by atoms with Crippen molar-refractivity contribution < 1.29 is 9.47 Å². The lowest BCUT2D eigenvalue weighted by Gasteiger charge is -2.23. The van der Waals surface area contributed by atoms with Crippen molar-refractivity contribution in [3.63, 3.8) is 0 Å². The number of hydrogen-bond donors (Lipinski definition) is 2. The van der Waals surface area contributed by atoms with Crippen LogP contribution >= 0.6 is 0 Å². The lowest BCUT2D eigenvalue weighted by Crippen LogP contribution is -2.32. The average molecular weight is 256 g/mol. The molecule has 0 aliphatic heterocycles. The van der Waals surface area contributed by atoms with Gasteiger partial charge >= 0.3 is 0 Å². The summed E-state index contributed by atoms with van der Waals surface area (Å²) in [6, 6.07) is 0. The van der Waals surface area contributed by atoms with Crippen LogP contribution in [0.3, 0.4) is 0 Å². The highest BCUT2D eigenvalue weighted by atomic mass is 16.5. The van der Waals surface area contributed by atoms with E-state index in [2.05, 4.69) is 9.97 Å². The van der Waals surface area contributed by atoms with Crippen molar-refractivity contribution >= 4 is 11.5 Å². The monoisotopic (exact) mass is 256 g/mol. The molecule has 102 valence electrons. The first kappa shape index (κ1) is 14.5. The van der Waals surface area contributed by atoms with Crippen LogP contribution in [0.25, 0.3) is 0 Å². The van der Waals surface area contributed by atoms with Crippen molar-refractivity contribution in [3.8, 4) is 0 Å². The van der Waals surface area contributed by atoms with Gasteiger partial charge in [0.2, 0.25) is 0 Å². The molecule has 0 unspecified atom stereocenters. The summed E-state index contributed by atoms with van der Waals surface area (Å²) in [5.74, 6) is 0.493. The van der Waals surface area contributed by atoms with Crippen molar-refractivity contribution in [2.75, 3.05) is 51.2 Å². The molecule has 1 aromatic heterocycles. The van der Waals surface area contributed by atoms with E-state index in [-0.39, 0.29) is 11.2 Å². The van der Waals surface area contributed by atoms with Gasteiger partial charge < -0.3 is 25.1 Å². The van der Waals surface area contributed by atoms with E-state index >= 15 is 0 Å². The maximum absolute atomic E-state index is 11.4. The lowest BCUT2D eigenvalue weighted by atomic mass is 10.3. The normalized spacial score (nSPS) is 10.6. The van der Waals surface area contributed by atoms with Crippen LogP contribution in [0.1, 0.15) is 6.42 Å². The van der Waals surface area contributed by atoms with Gasteiger partial charge in [-0.3, -0.25) is 4.79 Å². The molecule has 0 spiro atoms. The molecular weight excluding hydrogens is 236 g/mol. The second-order valence-electron chi connectivity index (χ2n) is 3.80. The molecule has 1 rings (SSSR count). The highest BCUT2D eigenvalue weighted by Crippen LogP contribution is 2.15. The fourth-order valence-electron chi connectivity index (χ4n) is 1.58. The van der Waals surface area contributed by atoms with Crippen LogP contribution < -0.4 is 16.2 Å². The van der Waals surface area contributed by atoms with Crippen LogP contribution in [-0.4, -0.2) is 50.5 Å². The van der Waals surface area contributed by atoms with E-state index < -0.39 is 0 Å². The van der Waals surface area contributed by atoms with Crippen molar-refractivity contribution in [3.05, 3.63) is 16.7 Å². The summed E-state index contributed by atoms with van der Waals surface area (Å²) in [6.07, 6.45) is 2.18. The molecule has 0 fully saturated rings. The number of nitrogens with two attached hydrogens (primary N) is 1. The third kappa shape index (κ3) is 4.01. The van der Waals surface area contributed by atoms with E-state index in [0.29, 0.717) is 32.1 Å². The Hall–Kier alpha value is -1.60. The molecule has 3 N–H and O–H groups in total. The van der Waals surface area contributed by atoms with Gasteiger partial charge in [0, 0.05) is 33.9 Å². The molecule has 0 aliphatic rings. The Balaban J connectivity index is 2.79. The number of aromatic nitrogens is 2. The van der Waals surface area contributed by atoms with E-state index in [9.17, 15) is 4.79 Å². The largest absolute Gasteiger partial charge is 0.391 e. The van der Waals surface area contributed by atoms with Gasteiger partial charge in [-0.25, -0.2) is 4.98 Å². The highest BCUT2D eigenvalue weighted by molar-refractivity contribution is 5.60. The molecule has 18 heavy (non-hydrogen) atoms. The maximum atomic E-state index is 11.4. The Labute approximate surface area is 106 Å². The number of nitrogen functional groups attached to an aromatic ring is 1. The smallest absolute Gasteiger partial charge is 0.276 e. The van der Waals surface area contributed by atoms with E-state index in [1.807, 2.05) is 4.90 Å². The molecule has 0 saturated carbocycles. The molecule has 0 amide bonds. The summed E-state index contributed by atoms with van der Waals surface area (Å²) in [5.41, 5.74) is 5.55. The van der Waals surface area contributed by atoms with E-state index in [4.69, 9.17) is 15.2 Å². The van der Waals surface area contributed by atoms with Crippen molar-refractivity contribution in [2.45, 2.75) is 6.42 Å². The van der Waals surface area contributed by atoms with E-state index in [1.54, 1.807) is 14.2 Å². The van der Waals surface area contributed by atoms with E-state index in [0.717, 1.165) is 6.42 Å². The Morgan fingerprint density at radius 3 is 2.72 bits per heavy atom. The molecule has 7 nitrogen and oxygen atoms in total. The van der Waals surface area contributed by atoms with E-state index in [1.165, 1.54) is 6.33 Å². The molecule has 7 heteroatoms. The molecule has 0 bridgehead atoms. The first-order valence-corrected chi connectivity index (χ1v) is 5.76. The van der Waals surface area contributed by atoms with Crippen molar-refractivity contribution in [1.29, 1.82) is 0 Å². The Morgan fingerprint density at radius 1 is 1.33 bits per heavy atom. The van der Waals surface area contributed by atoms with Gasteiger partial charge in [-0.15, -0.1) is 0 Å². The van der Waals surface area contributed by atoms with Crippen molar-refractivity contribution in [1.82, 2.24) is 9.97 Å². The number of rotatable bonds is 8. The Bertz CT molecular complexity index is 408. The van der Waals surface area contributed by atoms with Gasteiger partial charge in [0.1, 0.15) is 5.69 Å². The average Bonchev–Trinajstić information content (AvgIpc) is 2.37. The fraction of sp³-hybridized carbons (Fsp3) is 0.636. The van der Waals surface area contributed by atoms with Gasteiger partial charge in [-0.1, -0.05) is 0 Å². The second kappa shape index (κ2) is 7.67.